The molecule has 0 spiro atoms. The Morgan fingerprint density at radius 3 is 3.00 bits per heavy atom. The van der Waals surface area contributed by atoms with Crippen molar-refractivity contribution in [2.75, 3.05) is 18.9 Å². The highest BCUT2D eigenvalue weighted by Gasteiger charge is 2.16. The largest absolute Gasteiger partial charge is 0.469 e. The van der Waals surface area contributed by atoms with Crippen LogP contribution in [0.15, 0.2) is 34.9 Å². The number of aryl methyl sites for hydroxylation is 2. The predicted octanol–water partition coefficient (Wildman–Crippen LogP) is 3.22. The van der Waals surface area contributed by atoms with Crippen molar-refractivity contribution in [3.8, 4) is 0 Å². The lowest BCUT2D eigenvalue weighted by Gasteiger charge is -2.21. The quantitative estimate of drug-likeness (QED) is 0.941. The maximum absolute atomic E-state index is 12.5. The van der Waals surface area contributed by atoms with Crippen molar-refractivity contribution < 1.29 is 9.21 Å². The highest BCUT2D eigenvalue weighted by atomic mass is 16.3. The van der Waals surface area contributed by atoms with Crippen LogP contribution < -0.4 is 5.32 Å². The molecule has 2 heterocycles. The number of hydrogen-bond acceptors (Lipinski definition) is 3. The molecule has 0 unspecified atom stereocenters. The van der Waals surface area contributed by atoms with Crippen molar-refractivity contribution in [1.82, 2.24) is 4.90 Å². The van der Waals surface area contributed by atoms with Gasteiger partial charge in [0.1, 0.15) is 5.76 Å². The Hall–Kier alpha value is -2.23. The Balaban J connectivity index is 1.76. The lowest BCUT2D eigenvalue weighted by atomic mass is 10.0. The van der Waals surface area contributed by atoms with Gasteiger partial charge in [0.2, 0.25) is 0 Å². The van der Waals surface area contributed by atoms with Gasteiger partial charge in [-0.3, -0.25) is 4.79 Å². The van der Waals surface area contributed by atoms with Crippen molar-refractivity contribution in [2.45, 2.75) is 26.3 Å². The Kier molecular flexibility index (Phi) is 3.69. The molecule has 1 aromatic heterocycles. The van der Waals surface area contributed by atoms with Crippen LogP contribution in [0.5, 0.6) is 0 Å². The first kappa shape index (κ1) is 13.7. The van der Waals surface area contributed by atoms with Crippen molar-refractivity contribution in [3.63, 3.8) is 0 Å². The van der Waals surface area contributed by atoms with Crippen molar-refractivity contribution in [1.29, 1.82) is 0 Å². The van der Waals surface area contributed by atoms with Crippen LogP contribution in [0.3, 0.4) is 0 Å². The first-order valence-corrected chi connectivity index (χ1v) is 7.30. The van der Waals surface area contributed by atoms with Crippen molar-refractivity contribution in [3.05, 3.63) is 53.0 Å². The number of rotatable bonds is 3. The van der Waals surface area contributed by atoms with E-state index in [1.54, 1.807) is 11.2 Å². The minimum atomic E-state index is 0.0453. The highest BCUT2D eigenvalue weighted by Crippen LogP contribution is 2.23. The molecular weight excluding hydrogens is 264 g/mol. The van der Waals surface area contributed by atoms with Crippen LogP contribution in [0.4, 0.5) is 5.69 Å². The molecule has 0 bridgehead atoms. The fourth-order valence-electron chi connectivity index (χ4n) is 2.73. The fourth-order valence-corrected chi connectivity index (χ4v) is 2.73. The smallest absolute Gasteiger partial charge is 0.253 e. The van der Waals surface area contributed by atoms with E-state index in [9.17, 15) is 4.79 Å². The summed E-state index contributed by atoms with van der Waals surface area (Å²) in [6.07, 6.45) is 3.82. The molecule has 0 saturated heterocycles. The molecule has 1 N–H and O–H groups in total. The van der Waals surface area contributed by atoms with E-state index in [1.165, 1.54) is 5.56 Å². The van der Waals surface area contributed by atoms with Crippen LogP contribution >= 0.6 is 0 Å². The number of furan rings is 1. The van der Waals surface area contributed by atoms with Crippen molar-refractivity contribution in [2.24, 2.45) is 0 Å². The molecular formula is C17H20N2O2. The SMILES string of the molecule is Cc1occc1CN(C)C(=O)c1ccc2c(c1)CCCN2. The molecule has 0 atom stereocenters. The molecule has 4 nitrogen and oxygen atoms in total. The molecule has 1 aliphatic heterocycles. The molecule has 2 aromatic rings. The average Bonchev–Trinajstić information content (AvgIpc) is 2.91. The summed E-state index contributed by atoms with van der Waals surface area (Å²) in [4.78, 5) is 14.3. The lowest BCUT2D eigenvalue weighted by molar-refractivity contribution is 0.0784. The maximum Gasteiger partial charge on any atom is 0.253 e. The molecule has 1 aromatic carbocycles. The summed E-state index contributed by atoms with van der Waals surface area (Å²) in [5, 5.41) is 3.36. The number of nitrogens with one attached hydrogen (secondary N) is 1. The minimum Gasteiger partial charge on any atom is -0.469 e. The Morgan fingerprint density at radius 1 is 1.38 bits per heavy atom. The van der Waals surface area contributed by atoms with E-state index < -0.39 is 0 Å². The Labute approximate surface area is 124 Å². The van der Waals surface area contributed by atoms with E-state index >= 15 is 0 Å². The van der Waals surface area contributed by atoms with Crippen LogP contribution in [-0.2, 0) is 13.0 Å². The van der Waals surface area contributed by atoms with Gasteiger partial charge in [-0.15, -0.1) is 0 Å². The van der Waals surface area contributed by atoms with Gasteiger partial charge >= 0.3 is 0 Å². The summed E-state index contributed by atoms with van der Waals surface area (Å²) in [5.74, 6) is 0.910. The van der Waals surface area contributed by atoms with E-state index in [0.717, 1.165) is 42.0 Å². The van der Waals surface area contributed by atoms with Gasteiger partial charge in [-0.25, -0.2) is 0 Å². The van der Waals surface area contributed by atoms with Gasteiger partial charge in [-0.1, -0.05) is 0 Å². The first-order chi connectivity index (χ1) is 10.1. The van der Waals surface area contributed by atoms with Crippen LogP contribution in [0.1, 0.15) is 33.7 Å². The number of hydrogen-bond donors (Lipinski definition) is 1. The van der Waals surface area contributed by atoms with Gasteiger partial charge in [-0.05, 0) is 49.6 Å². The Morgan fingerprint density at radius 2 is 2.24 bits per heavy atom. The number of nitrogens with zero attached hydrogens (tertiary/aromatic N) is 1. The average molecular weight is 284 g/mol. The molecule has 21 heavy (non-hydrogen) atoms. The third-order valence-corrected chi connectivity index (χ3v) is 4.01. The minimum absolute atomic E-state index is 0.0453. The van der Waals surface area contributed by atoms with E-state index in [1.807, 2.05) is 38.2 Å². The zero-order valence-corrected chi connectivity index (χ0v) is 12.5. The van der Waals surface area contributed by atoms with E-state index in [-0.39, 0.29) is 5.91 Å². The van der Waals surface area contributed by atoms with Crippen LogP contribution in [0, 0.1) is 6.92 Å². The predicted molar refractivity (Wildman–Crippen MR) is 82.5 cm³/mol. The normalized spacial score (nSPS) is 13.4. The van der Waals surface area contributed by atoms with Crippen LogP contribution in [-0.4, -0.2) is 24.4 Å². The molecule has 1 aliphatic rings. The summed E-state index contributed by atoms with van der Waals surface area (Å²) in [6, 6.07) is 7.84. The second-order valence-corrected chi connectivity index (χ2v) is 5.57. The molecule has 1 amide bonds. The van der Waals surface area contributed by atoms with Gasteiger partial charge in [-0.2, -0.15) is 0 Å². The third-order valence-electron chi connectivity index (χ3n) is 4.01. The summed E-state index contributed by atoms with van der Waals surface area (Å²) < 4.78 is 5.28. The Bertz CT molecular complexity index is 661. The summed E-state index contributed by atoms with van der Waals surface area (Å²) in [7, 11) is 1.83. The van der Waals surface area contributed by atoms with Gasteiger partial charge in [0.25, 0.3) is 5.91 Å². The molecule has 3 rings (SSSR count). The summed E-state index contributed by atoms with van der Waals surface area (Å²) in [6.45, 7) is 3.49. The van der Waals surface area contributed by atoms with E-state index in [0.29, 0.717) is 6.54 Å². The van der Waals surface area contributed by atoms with Gasteiger partial charge in [0, 0.05) is 37.0 Å². The number of benzene rings is 1. The second kappa shape index (κ2) is 5.64. The summed E-state index contributed by atoms with van der Waals surface area (Å²) >= 11 is 0. The molecule has 0 fully saturated rings. The number of carbonyl (C=O) groups is 1. The molecule has 0 saturated carbocycles. The number of carbonyl (C=O) groups excluding carboxylic acids is 1. The maximum atomic E-state index is 12.5. The molecule has 0 radical (unpaired) electrons. The van der Waals surface area contributed by atoms with Crippen molar-refractivity contribution >= 4 is 11.6 Å². The lowest BCUT2D eigenvalue weighted by Crippen LogP contribution is -2.26. The standard InChI is InChI=1S/C17H20N2O2/c1-12-15(7-9-21-12)11-19(2)17(20)14-5-6-16-13(10-14)4-3-8-18-16/h5-7,9-10,18H,3-4,8,11H2,1-2H3. The molecule has 0 aliphatic carbocycles. The number of fused-ring (bicyclic) bond motifs is 1. The van der Waals surface area contributed by atoms with Gasteiger partial charge in [0.05, 0.1) is 6.26 Å². The third kappa shape index (κ3) is 2.79. The monoisotopic (exact) mass is 284 g/mol. The first-order valence-electron chi connectivity index (χ1n) is 7.30. The van der Waals surface area contributed by atoms with Gasteiger partial charge in [0.15, 0.2) is 0 Å². The van der Waals surface area contributed by atoms with Crippen LogP contribution in [0.2, 0.25) is 0 Å². The van der Waals surface area contributed by atoms with E-state index in [2.05, 4.69) is 5.32 Å². The summed E-state index contributed by atoms with van der Waals surface area (Å²) in [5.41, 5.74) is 4.19. The zero-order chi connectivity index (χ0) is 14.8. The van der Waals surface area contributed by atoms with E-state index in [4.69, 9.17) is 4.42 Å². The van der Waals surface area contributed by atoms with Gasteiger partial charge < -0.3 is 14.6 Å². The fraction of sp³-hybridized carbons (Fsp3) is 0.353. The van der Waals surface area contributed by atoms with Crippen LogP contribution in [0.25, 0.3) is 0 Å². The number of amides is 1. The molecule has 110 valence electrons. The zero-order valence-electron chi connectivity index (χ0n) is 12.5. The number of anilines is 1. The topological polar surface area (TPSA) is 45.5 Å². The second-order valence-electron chi connectivity index (χ2n) is 5.57. The molecule has 4 heteroatoms. The highest BCUT2D eigenvalue weighted by molar-refractivity contribution is 5.94.